The third-order valence-corrected chi connectivity index (χ3v) is 6.49. The molecular formula is C27H31Cl2N7O3S. The Morgan fingerprint density at radius 1 is 1.20 bits per heavy atom. The van der Waals surface area contributed by atoms with Crippen molar-refractivity contribution < 1.29 is 13.7 Å². The number of nitrogen functional groups attached to an aromatic ring is 1. The molecule has 1 aromatic carbocycles. The highest BCUT2D eigenvalue weighted by molar-refractivity contribution is 7.83. The van der Waals surface area contributed by atoms with Crippen molar-refractivity contribution in [1.82, 2.24) is 9.97 Å². The molecular weight excluding hydrogens is 573 g/mol. The molecule has 0 radical (unpaired) electrons. The van der Waals surface area contributed by atoms with E-state index in [1.807, 2.05) is 11.8 Å². The van der Waals surface area contributed by atoms with Gasteiger partial charge in [0.05, 0.1) is 28.4 Å². The van der Waals surface area contributed by atoms with Crippen LogP contribution < -0.4 is 25.8 Å². The Kier molecular flexibility index (Phi) is 9.97. The van der Waals surface area contributed by atoms with Crippen LogP contribution in [0.2, 0.25) is 10.0 Å². The smallest absolute Gasteiger partial charge is 0.162 e. The highest BCUT2D eigenvalue weighted by atomic mass is 35.5. The summed E-state index contributed by atoms with van der Waals surface area (Å²) >= 11 is 12.6. The molecule has 0 saturated carbocycles. The number of hydrogen-bond donors (Lipinski definition) is 3. The highest BCUT2D eigenvalue weighted by Gasteiger charge is 2.36. The Hall–Kier alpha value is -3.43. The predicted molar refractivity (Wildman–Crippen MR) is 160 cm³/mol. The summed E-state index contributed by atoms with van der Waals surface area (Å²) in [6, 6.07) is 6.99. The monoisotopic (exact) mass is 603 g/mol. The number of ether oxygens (including phenoxy) is 2. The Bertz CT molecular complexity index is 1460. The van der Waals surface area contributed by atoms with E-state index in [4.69, 9.17) is 49.6 Å². The molecule has 5 N–H and O–H groups in total. The standard InChI is InChI=1S/C25H25Cl2N7O2.C2H6OS/c1-13(22-17(26)9-32-10-18(22)27)36-21-5-16(19(29)6-20(21)35-3)23(30)15-4-14(7-28)24(33-8-15)34-11-25(2,31)12-34;1-4(2)3/h4-6,8-10,13,30H,11-12,29,31H2,1-3H3;1-2H3/t13-;/m1./s1. The maximum Gasteiger partial charge on any atom is 0.162 e. The van der Waals surface area contributed by atoms with Gasteiger partial charge in [0.2, 0.25) is 0 Å². The molecule has 40 heavy (non-hydrogen) atoms. The van der Waals surface area contributed by atoms with Gasteiger partial charge in [-0.3, -0.25) is 14.6 Å². The van der Waals surface area contributed by atoms with E-state index < -0.39 is 16.9 Å². The van der Waals surface area contributed by atoms with Crippen LogP contribution in [0.25, 0.3) is 0 Å². The summed E-state index contributed by atoms with van der Waals surface area (Å²) in [5.41, 5.74) is 14.2. The SMILES string of the molecule is COc1cc(N)c(C(=N)c2cnc(N3CC(C)(N)C3)c(C#N)c2)cc1O[C@H](C)c1c(Cl)cncc1Cl.CS(C)=O. The summed E-state index contributed by atoms with van der Waals surface area (Å²) in [5.74, 6) is 1.27. The molecule has 4 rings (SSSR count). The van der Waals surface area contributed by atoms with Crippen molar-refractivity contribution >= 4 is 51.2 Å². The molecule has 212 valence electrons. The van der Waals surface area contributed by atoms with Crippen molar-refractivity contribution in [2.75, 3.05) is 43.3 Å². The summed E-state index contributed by atoms with van der Waals surface area (Å²) in [4.78, 5) is 10.4. The molecule has 13 heteroatoms. The third kappa shape index (κ3) is 7.20. The minimum absolute atomic E-state index is 0.0791. The Labute approximate surface area is 246 Å². The molecule has 1 atom stereocenters. The number of nitrogens with one attached hydrogen (secondary N) is 1. The topological polar surface area (TPSA) is 164 Å². The number of hydrogen-bond acceptors (Lipinski definition) is 10. The number of nitriles is 1. The van der Waals surface area contributed by atoms with Crippen molar-refractivity contribution in [2.24, 2.45) is 5.73 Å². The Morgan fingerprint density at radius 3 is 2.33 bits per heavy atom. The molecule has 1 fully saturated rings. The molecule has 3 heterocycles. The predicted octanol–water partition coefficient (Wildman–Crippen LogP) is 4.33. The van der Waals surface area contributed by atoms with E-state index in [1.165, 1.54) is 19.5 Å². The summed E-state index contributed by atoms with van der Waals surface area (Å²) < 4.78 is 21.2. The lowest BCUT2D eigenvalue weighted by atomic mass is 9.93. The average molecular weight is 605 g/mol. The van der Waals surface area contributed by atoms with Gasteiger partial charge in [0.15, 0.2) is 11.5 Å². The van der Waals surface area contributed by atoms with Crippen LogP contribution in [0.5, 0.6) is 11.5 Å². The van der Waals surface area contributed by atoms with Gasteiger partial charge in [-0.1, -0.05) is 23.2 Å². The number of anilines is 2. The van der Waals surface area contributed by atoms with Crippen LogP contribution >= 0.6 is 23.2 Å². The van der Waals surface area contributed by atoms with Crippen molar-refractivity contribution in [3.8, 4) is 17.6 Å². The molecule has 1 aliphatic rings. The van der Waals surface area contributed by atoms with E-state index in [9.17, 15) is 9.47 Å². The number of aromatic nitrogens is 2. The van der Waals surface area contributed by atoms with Crippen LogP contribution in [0.4, 0.5) is 11.5 Å². The fraction of sp³-hybridized carbons (Fsp3) is 0.333. The number of methoxy groups -OCH3 is 1. The molecule has 10 nitrogen and oxygen atoms in total. The first kappa shape index (κ1) is 31.1. The average Bonchev–Trinajstić information content (AvgIpc) is 2.86. The number of nitrogens with zero attached hydrogens (tertiary/aromatic N) is 4. The van der Waals surface area contributed by atoms with Gasteiger partial charge in [0, 0.05) is 89.0 Å². The fourth-order valence-electron chi connectivity index (χ4n) is 4.16. The van der Waals surface area contributed by atoms with E-state index >= 15 is 0 Å². The second kappa shape index (κ2) is 12.8. The quantitative estimate of drug-likeness (QED) is 0.263. The molecule has 0 spiro atoms. The van der Waals surface area contributed by atoms with Crippen molar-refractivity contribution in [2.45, 2.75) is 25.5 Å². The van der Waals surface area contributed by atoms with Crippen LogP contribution in [-0.2, 0) is 10.8 Å². The fourth-order valence-corrected chi connectivity index (χ4v) is 4.83. The van der Waals surface area contributed by atoms with E-state index in [0.717, 1.165) is 0 Å². The zero-order valence-electron chi connectivity index (χ0n) is 22.8. The normalized spacial score (nSPS) is 14.3. The highest BCUT2D eigenvalue weighted by Crippen LogP contribution is 2.39. The number of pyridine rings is 2. The maximum absolute atomic E-state index is 9.71. The van der Waals surface area contributed by atoms with Crippen LogP contribution in [0.1, 0.15) is 42.2 Å². The number of benzene rings is 1. The second-order valence-corrected chi connectivity index (χ2v) is 12.0. The first-order chi connectivity index (χ1) is 18.8. The third-order valence-electron chi connectivity index (χ3n) is 5.89. The van der Waals surface area contributed by atoms with Gasteiger partial charge in [-0.15, -0.1) is 0 Å². The zero-order valence-corrected chi connectivity index (χ0v) is 25.1. The Balaban J connectivity index is 0.00000103. The van der Waals surface area contributed by atoms with Gasteiger partial charge in [-0.25, -0.2) is 4.98 Å². The maximum atomic E-state index is 9.71. The zero-order chi connectivity index (χ0) is 29.8. The molecule has 1 saturated heterocycles. The minimum atomic E-state index is -0.611. The molecule has 1 aliphatic heterocycles. The van der Waals surface area contributed by atoms with E-state index in [-0.39, 0.29) is 11.3 Å². The van der Waals surface area contributed by atoms with Crippen LogP contribution in [0.3, 0.4) is 0 Å². The van der Waals surface area contributed by atoms with Gasteiger partial charge >= 0.3 is 0 Å². The molecule has 3 aromatic rings. The first-order valence-corrected chi connectivity index (χ1v) is 14.7. The van der Waals surface area contributed by atoms with Crippen molar-refractivity contribution in [3.05, 3.63) is 69.1 Å². The number of halogens is 2. The lowest BCUT2D eigenvalue weighted by molar-refractivity contribution is 0.216. The second-order valence-electron chi connectivity index (χ2n) is 9.70. The summed E-state index contributed by atoms with van der Waals surface area (Å²) in [5, 5.41) is 19.3. The molecule has 2 aromatic heterocycles. The van der Waals surface area contributed by atoms with Gasteiger partial charge < -0.3 is 25.8 Å². The van der Waals surface area contributed by atoms with Gasteiger partial charge in [-0.05, 0) is 26.0 Å². The molecule has 0 bridgehead atoms. The van der Waals surface area contributed by atoms with Crippen molar-refractivity contribution in [3.63, 3.8) is 0 Å². The largest absolute Gasteiger partial charge is 0.493 e. The minimum Gasteiger partial charge on any atom is -0.493 e. The van der Waals surface area contributed by atoms with E-state index in [0.29, 0.717) is 68.4 Å². The molecule has 0 amide bonds. The van der Waals surface area contributed by atoms with Gasteiger partial charge in [0.25, 0.3) is 0 Å². The van der Waals surface area contributed by atoms with E-state index in [2.05, 4.69) is 16.0 Å². The summed E-state index contributed by atoms with van der Waals surface area (Å²) in [6.07, 6.45) is 7.25. The summed E-state index contributed by atoms with van der Waals surface area (Å²) in [7, 11) is 0.883. The lowest BCUT2D eigenvalue weighted by Crippen LogP contribution is -2.66. The van der Waals surface area contributed by atoms with Crippen LogP contribution in [0.15, 0.2) is 36.8 Å². The van der Waals surface area contributed by atoms with Crippen LogP contribution in [-0.4, -0.2) is 58.1 Å². The molecule has 0 aliphatic carbocycles. The Morgan fingerprint density at radius 2 is 1.80 bits per heavy atom. The molecule has 0 unspecified atom stereocenters. The first-order valence-electron chi connectivity index (χ1n) is 12.0. The van der Waals surface area contributed by atoms with Gasteiger partial charge in [0.1, 0.15) is 18.0 Å². The number of nitrogens with two attached hydrogens (primary N) is 2. The number of rotatable bonds is 7. The van der Waals surface area contributed by atoms with Crippen LogP contribution in [0, 0.1) is 16.7 Å². The van der Waals surface area contributed by atoms with E-state index in [1.54, 1.807) is 43.8 Å². The van der Waals surface area contributed by atoms with Gasteiger partial charge in [-0.2, -0.15) is 5.26 Å². The van der Waals surface area contributed by atoms with Crippen molar-refractivity contribution in [1.29, 1.82) is 10.7 Å². The lowest BCUT2D eigenvalue weighted by Gasteiger charge is -2.46. The summed E-state index contributed by atoms with van der Waals surface area (Å²) in [6.45, 7) is 4.93.